The largest absolute Gasteiger partial charge is 0.454 e. The van der Waals surface area contributed by atoms with Gasteiger partial charge in [-0.1, -0.05) is 41.3 Å². The first-order valence-electron chi connectivity index (χ1n) is 11.1. The van der Waals surface area contributed by atoms with Crippen LogP contribution >= 0.6 is 0 Å². The molecule has 0 spiro atoms. The summed E-state index contributed by atoms with van der Waals surface area (Å²) >= 11 is 0. The monoisotopic (exact) mass is 490 g/mol. The maximum absolute atomic E-state index is 11.1. The van der Waals surface area contributed by atoms with Gasteiger partial charge in [0, 0.05) is 35.0 Å². The number of fused-ring (bicyclic) bond motifs is 2. The maximum atomic E-state index is 11.1. The SMILES string of the molecule is CC(C)(C)O/N=c1/cc(-c2cc3ccccc3cn2)oc2cc(C#CCCOS(C)(=O)=O)ccc12. The van der Waals surface area contributed by atoms with Gasteiger partial charge in [-0.25, -0.2) is 0 Å². The molecule has 0 unspecified atom stereocenters. The summed E-state index contributed by atoms with van der Waals surface area (Å²) in [6.45, 7) is 5.80. The first-order valence-corrected chi connectivity index (χ1v) is 12.9. The minimum Gasteiger partial charge on any atom is -0.454 e. The highest BCUT2D eigenvalue weighted by Gasteiger charge is 2.12. The number of aromatic nitrogens is 1. The van der Waals surface area contributed by atoms with Crippen molar-refractivity contribution >= 4 is 31.9 Å². The predicted molar refractivity (Wildman–Crippen MR) is 136 cm³/mol. The Morgan fingerprint density at radius 3 is 2.57 bits per heavy atom. The minimum absolute atomic E-state index is 0.00867. The molecule has 35 heavy (non-hydrogen) atoms. The summed E-state index contributed by atoms with van der Waals surface area (Å²) < 4.78 is 33.1. The van der Waals surface area contributed by atoms with Crippen LogP contribution in [0.3, 0.4) is 0 Å². The molecule has 8 heteroatoms. The zero-order valence-corrected chi connectivity index (χ0v) is 20.8. The Morgan fingerprint density at radius 2 is 1.83 bits per heavy atom. The molecule has 7 nitrogen and oxygen atoms in total. The van der Waals surface area contributed by atoms with E-state index in [1.807, 2.05) is 81.6 Å². The first kappa shape index (κ1) is 24.5. The summed E-state index contributed by atoms with van der Waals surface area (Å²) in [5, 5.41) is 7.87. The van der Waals surface area contributed by atoms with E-state index < -0.39 is 15.7 Å². The molecule has 4 rings (SSSR count). The van der Waals surface area contributed by atoms with Gasteiger partial charge in [0.05, 0.1) is 12.9 Å². The van der Waals surface area contributed by atoms with Gasteiger partial charge in [-0.3, -0.25) is 9.17 Å². The van der Waals surface area contributed by atoms with Gasteiger partial charge in [-0.05, 0) is 50.4 Å². The summed E-state index contributed by atoms with van der Waals surface area (Å²) in [6, 6.07) is 17.3. The van der Waals surface area contributed by atoms with E-state index in [9.17, 15) is 8.42 Å². The van der Waals surface area contributed by atoms with Crippen molar-refractivity contribution in [1.29, 1.82) is 0 Å². The molecule has 180 valence electrons. The van der Waals surface area contributed by atoms with Crippen LogP contribution in [0.1, 0.15) is 32.8 Å². The van der Waals surface area contributed by atoms with Crippen molar-refractivity contribution in [2.75, 3.05) is 12.9 Å². The van der Waals surface area contributed by atoms with E-state index in [1.165, 1.54) is 0 Å². The molecule has 2 aromatic carbocycles. The van der Waals surface area contributed by atoms with Gasteiger partial charge in [0.15, 0.2) is 5.76 Å². The Balaban J connectivity index is 1.76. The quantitative estimate of drug-likeness (QED) is 0.169. The third-order valence-corrected chi connectivity index (χ3v) is 5.40. The van der Waals surface area contributed by atoms with Crippen molar-refractivity contribution in [2.45, 2.75) is 32.8 Å². The standard InChI is InChI=1S/C27H26N2O5S/c1-27(2,3)34-29-23-17-26(24-16-20-10-5-6-11-21(20)18-28-24)33-25-15-19(12-13-22(23)25)9-7-8-14-32-35(4,30)31/h5-6,10-13,15-18H,8,14H2,1-4H3/b29-23-. The van der Waals surface area contributed by atoms with E-state index in [2.05, 4.69) is 22.0 Å². The number of nitrogens with zero attached hydrogens (tertiary/aromatic N) is 2. The molecular weight excluding hydrogens is 464 g/mol. The van der Waals surface area contributed by atoms with Crippen LogP contribution in [0.2, 0.25) is 0 Å². The van der Waals surface area contributed by atoms with Crippen molar-refractivity contribution < 1.29 is 21.9 Å². The van der Waals surface area contributed by atoms with Crippen LogP contribution in [-0.2, 0) is 19.1 Å². The topological polar surface area (TPSA) is 91.0 Å². The fraction of sp³-hybridized carbons (Fsp3) is 0.259. The molecule has 0 aliphatic rings. The molecule has 0 amide bonds. The van der Waals surface area contributed by atoms with Crippen molar-refractivity contribution in [1.82, 2.24) is 4.98 Å². The number of pyridine rings is 1. The number of rotatable bonds is 5. The van der Waals surface area contributed by atoms with Crippen LogP contribution in [-0.4, -0.2) is 31.9 Å². The molecule has 0 fully saturated rings. The van der Waals surface area contributed by atoms with E-state index in [0.717, 1.165) is 22.4 Å². The number of hydrogen-bond donors (Lipinski definition) is 0. The lowest BCUT2D eigenvalue weighted by Crippen LogP contribution is -2.18. The first-order chi connectivity index (χ1) is 16.6. The fourth-order valence-electron chi connectivity index (χ4n) is 3.26. The van der Waals surface area contributed by atoms with Gasteiger partial charge in [0.2, 0.25) is 0 Å². The maximum Gasteiger partial charge on any atom is 0.264 e. The smallest absolute Gasteiger partial charge is 0.264 e. The molecule has 0 aliphatic carbocycles. The van der Waals surface area contributed by atoms with E-state index in [4.69, 9.17) is 13.4 Å². The molecule has 0 saturated heterocycles. The molecule has 4 aromatic rings. The lowest BCUT2D eigenvalue weighted by Gasteiger charge is -2.15. The molecular formula is C27H26N2O5S. The third kappa shape index (κ3) is 6.69. The average Bonchev–Trinajstić information content (AvgIpc) is 2.80. The van der Waals surface area contributed by atoms with E-state index in [-0.39, 0.29) is 13.0 Å². The van der Waals surface area contributed by atoms with Crippen molar-refractivity contribution in [3.8, 4) is 23.3 Å². The second-order valence-corrected chi connectivity index (χ2v) is 10.6. The third-order valence-electron chi connectivity index (χ3n) is 4.80. The Bertz CT molecular complexity index is 1620. The van der Waals surface area contributed by atoms with E-state index in [1.54, 1.807) is 0 Å². The van der Waals surface area contributed by atoms with Crippen LogP contribution in [0.15, 0.2) is 70.4 Å². The number of benzene rings is 2. The molecule has 2 heterocycles. The Labute approximate surface area is 204 Å². The van der Waals surface area contributed by atoms with Crippen molar-refractivity contribution in [3.05, 3.63) is 71.7 Å². The van der Waals surface area contributed by atoms with Gasteiger partial charge in [-0.2, -0.15) is 8.42 Å². The lowest BCUT2D eigenvalue weighted by molar-refractivity contribution is -0.00586. The van der Waals surface area contributed by atoms with Gasteiger partial charge in [0.1, 0.15) is 22.2 Å². The van der Waals surface area contributed by atoms with Crippen LogP contribution < -0.4 is 5.36 Å². The minimum atomic E-state index is -3.47. The summed E-state index contributed by atoms with van der Waals surface area (Å²) in [5.41, 5.74) is 1.51. The Morgan fingerprint density at radius 1 is 1.06 bits per heavy atom. The zero-order chi connectivity index (χ0) is 25.1. The normalized spacial score (nSPS) is 12.5. The van der Waals surface area contributed by atoms with Gasteiger partial charge in [0.25, 0.3) is 10.1 Å². The van der Waals surface area contributed by atoms with E-state index >= 15 is 0 Å². The van der Waals surface area contributed by atoms with Gasteiger partial charge in [-0.15, -0.1) is 0 Å². The Kier molecular flexibility index (Phi) is 6.92. The zero-order valence-electron chi connectivity index (χ0n) is 20.0. The summed E-state index contributed by atoms with van der Waals surface area (Å²) in [6.07, 6.45) is 3.11. The van der Waals surface area contributed by atoms with E-state index in [0.29, 0.717) is 28.0 Å². The summed E-state index contributed by atoms with van der Waals surface area (Å²) in [5.74, 6) is 6.49. The molecule has 0 saturated carbocycles. The Hall–Kier alpha value is -3.67. The highest BCUT2D eigenvalue weighted by molar-refractivity contribution is 7.85. The van der Waals surface area contributed by atoms with Gasteiger partial charge < -0.3 is 9.25 Å². The van der Waals surface area contributed by atoms with Crippen molar-refractivity contribution in [2.24, 2.45) is 5.16 Å². The van der Waals surface area contributed by atoms with Crippen LogP contribution in [0.5, 0.6) is 0 Å². The molecule has 0 bridgehead atoms. The predicted octanol–water partition coefficient (Wildman–Crippen LogP) is 5.00. The van der Waals surface area contributed by atoms with Crippen molar-refractivity contribution in [3.63, 3.8) is 0 Å². The number of hydrogen-bond acceptors (Lipinski definition) is 7. The van der Waals surface area contributed by atoms with Crippen LogP contribution in [0, 0.1) is 11.8 Å². The molecule has 0 atom stereocenters. The highest BCUT2D eigenvalue weighted by atomic mass is 32.2. The highest BCUT2D eigenvalue weighted by Crippen LogP contribution is 2.24. The lowest BCUT2D eigenvalue weighted by atomic mass is 10.1. The molecule has 0 N–H and O–H groups in total. The second kappa shape index (κ2) is 9.90. The summed E-state index contributed by atoms with van der Waals surface area (Å²) in [4.78, 5) is 10.3. The summed E-state index contributed by atoms with van der Waals surface area (Å²) in [7, 11) is -3.47. The molecule has 2 aromatic heterocycles. The average molecular weight is 491 g/mol. The molecule has 0 aliphatic heterocycles. The van der Waals surface area contributed by atoms with Gasteiger partial charge >= 0.3 is 0 Å². The fourth-order valence-corrected chi connectivity index (χ4v) is 3.65. The second-order valence-electron chi connectivity index (χ2n) is 9.00. The van der Waals surface area contributed by atoms with Crippen LogP contribution in [0.25, 0.3) is 33.2 Å². The van der Waals surface area contributed by atoms with Crippen LogP contribution in [0.4, 0.5) is 0 Å². The molecule has 0 radical (unpaired) electrons.